The van der Waals surface area contributed by atoms with Crippen LogP contribution in [0.4, 0.5) is 5.69 Å². The average Bonchev–Trinajstić information content (AvgIpc) is 2.37. The number of hydrogen-bond acceptors (Lipinski definition) is 2. The van der Waals surface area contributed by atoms with E-state index in [-0.39, 0.29) is 10.9 Å². The lowest BCUT2D eigenvalue weighted by Crippen LogP contribution is -2.18. The number of amides is 1. The maximum atomic E-state index is 12.3. The van der Waals surface area contributed by atoms with Crippen LogP contribution in [0.2, 0.25) is 5.02 Å². The molecule has 0 saturated heterocycles. The van der Waals surface area contributed by atoms with Gasteiger partial charge in [0.2, 0.25) is 0 Å². The Morgan fingerprint density at radius 2 is 2.05 bits per heavy atom. The normalized spacial score (nSPS) is 10.2. The summed E-state index contributed by atoms with van der Waals surface area (Å²) in [5.41, 5.74) is 8.34. The van der Waals surface area contributed by atoms with Crippen molar-refractivity contribution in [2.24, 2.45) is 5.73 Å². The van der Waals surface area contributed by atoms with E-state index in [9.17, 15) is 4.79 Å². The lowest BCUT2D eigenvalue weighted by atomic mass is 10.1. The molecule has 1 amide bonds. The van der Waals surface area contributed by atoms with Crippen molar-refractivity contribution in [3.05, 3.63) is 62.6 Å². The van der Waals surface area contributed by atoms with E-state index >= 15 is 0 Å². The van der Waals surface area contributed by atoms with Crippen molar-refractivity contribution in [3.63, 3.8) is 0 Å². The highest BCUT2D eigenvalue weighted by atomic mass is 79.9. The van der Waals surface area contributed by atoms with Gasteiger partial charge in [0.05, 0.1) is 5.69 Å². The van der Waals surface area contributed by atoms with Crippen LogP contribution in [-0.4, -0.2) is 10.9 Å². The molecule has 6 heteroatoms. The minimum Gasteiger partial charge on any atom is -0.389 e. The molecule has 0 heterocycles. The number of anilines is 1. The Bertz CT molecular complexity index is 713. The SMILES string of the molecule is Cc1cccc(NC(=O)c2cc(Cl)cc(Br)c2)c1C(N)=S. The second-order valence-electron chi connectivity index (χ2n) is 4.47. The number of nitrogens with two attached hydrogens (primary N) is 1. The van der Waals surface area contributed by atoms with Gasteiger partial charge in [0.25, 0.3) is 5.91 Å². The van der Waals surface area contributed by atoms with E-state index in [2.05, 4.69) is 21.2 Å². The number of hydrogen-bond donors (Lipinski definition) is 2. The van der Waals surface area contributed by atoms with Crippen molar-refractivity contribution in [1.29, 1.82) is 0 Å². The van der Waals surface area contributed by atoms with Crippen LogP contribution in [0.15, 0.2) is 40.9 Å². The standard InChI is InChI=1S/C15H12BrClN2OS/c1-8-3-2-4-12(13(8)14(18)21)19-15(20)9-5-10(16)7-11(17)6-9/h2-7H,1H3,(H2,18,21)(H,19,20). The maximum absolute atomic E-state index is 12.3. The van der Waals surface area contributed by atoms with Gasteiger partial charge in [-0.05, 0) is 36.8 Å². The molecule has 3 nitrogen and oxygen atoms in total. The first-order valence-electron chi connectivity index (χ1n) is 6.05. The van der Waals surface area contributed by atoms with Crippen LogP contribution in [0.5, 0.6) is 0 Å². The predicted molar refractivity (Wildman–Crippen MR) is 94.2 cm³/mol. The zero-order chi connectivity index (χ0) is 15.6. The van der Waals surface area contributed by atoms with E-state index in [0.717, 1.165) is 10.0 Å². The minimum atomic E-state index is -0.277. The Balaban J connectivity index is 2.36. The van der Waals surface area contributed by atoms with E-state index in [4.69, 9.17) is 29.6 Å². The third-order valence-electron chi connectivity index (χ3n) is 2.89. The van der Waals surface area contributed by atoms with E-state index in [1.165, 1.54) is 0 Å². The first-order valence-corrected chi connectivity index (χ1v) is 7.63. The van der Waals surface area contributed by atoms with Gasteiger partial charge < -0.3 is 11.1 Å². The molecule has 108 valence electrons. The van der Waals surface area contributed by atoms with Crippen molar-refractivity contribution < 1.29 is 4.79 Å². The van der Waals surface area contributed by atoms with Crippen molar-refractivity contribution in [1.82, 2.24) is 0 Å². The first kappa shape index (κ1) is 15.9. The maximum Gasteiger partial charge on any atom is 0.255 e. The highest BCUT2D eigenvalue weighted by molar-refractivity contribution is 9.10. The molecule has 0 bridgehead atoms. The summed E-state index contributed by atoms with van der Waals surface area (Å²) in [7, 11) is 0. The fourth-order valence-electron chi connectivity index (χ4n) is 1.98. The summed E-state index contributed by atoms with van der Waals surface area (Å²) in [6, 6.07) is 10.5. The Morgan fingerprint density at radius 3 is 2.67 bits per heavy atom. The fourth-order valence-corrected chi connectivity index (χ4v) is 3.11. The number of thiocarbonyl (C=S) groups is 1. The van der Waals surface area contributed by atoms with Gasteiger partial charge in [0, 0.05) is 20.6 Å². The monoisotopic (exact) mass is 382 g/mol. The van der Waals surface area contributed by atoms with Crippen LogP contribution in [0.3, 0.4) is 0 Å². The number of carbonyl (C=O) groups is 1. The quantitative estimate of drug-likeness (QED) is 0.777. The second kappa shape index (κ2) is 6.56. The van der Waals surface area contributed by atoms with Crippen molar-refractivity contribution in [2.75, 3.05) is 5.32 Å². The van der Waals surface area contributed by atoms with Crippen LogP contribution in [-0.2, 0) is 0 Å². The molecule has 0 atom stereocenters. The van der Waals surface area contributed by atoms with Gasteiger partial charge in [-0.15, -0.1) is 0 Å². The van der Waals surface area contributed by atoms with E-state index in [1.54, 1.807) is 24.3 Å². The third-order valence-corrected chi connectivity index (χ3v) is 3.77. The molecule has 0 aromatic heterocycles. The van der Waals surface area contributed by atoms with Gasteiger partial charge in [0.15, 0.2) is 0 Å². The van der Waals surface area contributed by atoms with E-state index in [1.807, 2.05) is 19.1 Å². The molecule has 0 unspecified atom stereocenters. The Morgan fingerprint density at radius 1 is 1.33 bits per heavy atom. The predicted octanol–water partition coefficient (Wildman–Crippen LogP) is 4.30. The second-order valence-corrected chi connectivity index (χ2v) is 6.27. The van der Waals surface area contributed by atoms with E-state index in [0.29, 0.717) is 21.8 Å². The summed E-state index contributed by atoms with van der Waals surface area (Å²) in [5, 5.41) is 3.30. The lowest BCUT2D eigenvalue weighted by molar-refractivity contribution is 0.102. The summed E-state index contributed by atoms with van der Waals surface area (Å²) >= 11 is 14.3. The molecule has 2 rings (SSSR count). The number of aryl methyl sites for hydroxylation is 1. The molecule has 2 aromatic rings. The highest BCUT2D eigenvalue weighted by Gasteiger charge is 2.13. The van der Waals surface area contributed by atoms with Gasteiger partial charge in [-0.3, -0.25) is 4.79 Å². The summed E-state index contributed by atoms with van der Waals surface area (Å²) in [6.07, 6.45) is 0. The Kier molecular flexibility index (Phi) is 4.98. The molecule has 0 radical (unpaired) electrons. The lowest BCUT2D eigenvalue weighted by Gasteiger charge is -2.13. The molecule has 0 saturated carbocycles. The first-order chi connectivity index (χ1) is 9.88. The molecule has 0 aliphatic carbocycles. The smallest absolute Gasteiger partial charge is 0.255 e. The molecule has 0 spiro atoms. The Hall–Kier alpha value is -1.43. The summed E-state index contributed by atoms with van der Waals surface area (Å²) in [4.78, 5) is 12.6. The summed E-state index contributed by atoms with van der Waals surface area (Å²) in [5.74, 6) is -0.277. The molecule has 21 heavy (non-hydrogen) atoms. The highest BCUT2D eigenvalue weighted by Crippen LogP contribution is 2.23. The van der Waals surface area contributed by atoms with Crippen molar-refractivity contribution in [3.8, 4) is 0 Å². The van der Waals surface area contributed by atoms with Crippen LogP contribution < -0.4 is 11.1 Å². The molecule has 3 N–H and O–H groups in total. The zero-order valence-corrected chi connectivity index (χ0v) is 14.3. The molecule has 0 aliphatic heterocycles. The molecule has 2 aromatic carbocycles. The molecule has 0 fully saturated rings. The van der Waals surface area contributed by atoms with Crippen LogP contribution >= 0.6 is 39.7 Å². The van der Waals surface area contributed by atoms with Crippen LogP contribution in [0, 0.1) is 6.92 Å². The zero-order valence-electron chi connectivity index (χ0n) is 11.1. The topological polar surface area (TPSA) is 55.1 Å². The van der Waals surface area contributed by atoms with Crippen molar-refractivity contribution >= 4 is 56.3 Å². The fraction of sp³-hybridized carbons (Fsp3) is 0.0667. The molecular weight excluding hydrogens is 372 g/mol. The Labute approximate surface area is 141 Å². The third kappa shape index (κ3) is 3.81. The van der Waals surface area contributed by atoms with Gasteiger partial charge >= 0.3 is 0 Å². The van der Waals surface area contributed by atoms with Gasteiger partial charge in [0.1, 0.15) is 4.99 Å². The summed E-state index contributed by atoms with van der Waals surface area (Å²) in [6.45, 7) is 1.89. The summed E-state index contributed by atoms with van der Waals surface area (Å²) < 4.78 is 0.735. The van der Waals surface area contributed by atoms with Gasteiger partial charge in [-0.1, -0.05) is 51.9 Å². The van der Waals surface area contributed by atoms with E-state index < -0.39 is 0 Å². The largest absolute Gasteiger partial charge is 0.389 e. The number of carbonyl (C=O) groups excluding carboxylic acids is 1. The molecule has 0 aliphatic rings. The van der Waals surface area contributed by atoms with Gasteiger partial charge in [-0.2, -0.15) is 0 Å². The van der Waals surface area contributed by atoms with Gasteiger partial charge in [-0.25, -0.2) is 0 Å². The number of rotatable bonds is 3. The number of halogens is 2. The number of benzene rings is 2. The van der Waals surface area contributed by atoms with Crippen LogP contribution in [0.1, 0.15) is 21.5 Å². The average molecular weight is 384 g/mol. The van der Waals surface area contributed by atoms with Crippen molar-refractivity contribution in [2.45, 2.75) is 6.92 Å². The minimum absolute atomic E-state index is 0.246. The van der Waals surface area contributed by atoms with Crippen LogP contribution in [0.25, 0.3) is 0 Å². The molecular formula is C15H12BrClN2OS. The number of nitrogens with one attached hydrogen (secondary N) is 1.